The number of likely N-dealkylation sites (N-methyl/N-ethyl adjacent to an activating group) is 1. The van der Waals surface area contributed by atoms with Gasteiger partial charge in [0.25, 0.3) is 11.6 Å². The van der Waals surface area contributed by atoms with Crippen molar-refractivity contribution in [3.05, 3.63) is 33.9 Å². The van der Waals surface area contributed by atoms with E-state index in [1.165, 1.54) is 6.07 Å². The first-order valence-electron chi connectivity index (χ1n) is 8.68. The number of anilines is 1. The lowest BCUT2D eigenvalue weighted by Crippen LogP contribution is -2.37. The first kappa shape index (κ1) is 19.1. The third kappa shape index (κ3) is 5.14. The Morgan fingerprint density at radius 2 is 2.00 bits per heavy atom. The van der Waals surface area contributed by atoms with Crippen LogP contribution in [0.4, 0.5) is 11.4 Å². The molecular formula is C17H26N4O4. The predicted molar refractivity (Wildman–Crippen MR) is 96.2 cm³/mol. The zero-order valence-electron chi connectivity index (χ0n) is 14.9. The fourth-order valence-electron chi connectivity index (χ4n) is 2.85. The minimum absolute atomic E-state index is 0.0432. The number of nitrogens with zero attached hydrogens (tertiary/aromatic N) is 3. The molecule has 0 saturated carbocycles. The van der Waals surface area contributed by atoms with Crippen molar-refractivity contribution >= 4 is 17.3 Å². The lowest BCUT2D eigenvalue weighted by Gasteiger charge is -2.28. The van der Waals surface area contributed by atoms with Crippen molar-refractivity contribution in [1.29, 1.82) is 0 Å². The van der Waals surface area contributed by atoms with Crippen molar-refractivity contribution in [2.24, 2.45) is 0 Å². The summed E-state index contributed by atoms with van der Waals surface area (Å²) in [6.07, 6.45) is 0. The molecule has 1 aliphatic rings. The highest BCUT2D eigenvalue weighted by Crippen LogP contribution is 2.29. The van der Waals surface area contributed by atoms with E-state index in [1.807, 2.05) is 4.90 Å². The molecule has 8 nitrogen and oxygen atoms in total. The molecule has 1 N–H and O–H groups in total. The first-order chi connectivity index (χ1) is 12.1. The van der Waals surface area contributed by atoms with E-state index in [9.17, 15) is 14.9 Å². The number of benzene rings is 1. The quantitative estimate of drug-likeness (QED) is 0.565. The van der Waals surface area contributed by atoms with Gasteiger partial charge in [-0.1, -0.05) is 13.8 Å². The summed E-state index contributed by atoms with van der Waals surface area (Å²) >= 11 is 0. The van der Waals surface area contributed by atoms with Crippen LogP contribution >= 0.6 is 0 Å². The Kier molecular flexibility index (Phi) is 7.15. The highest BCUT2D eigenvalue weighted by molar-refractivity contribution is 5.95. The first-order valence-corrected chi connectivity index (χ1v) is 8.68. The predicted octanol–water partition coefficient (Wildman–Crippen LogP) is 1.50. The van der Waals surface area contributed by atoms with Crippen LogP contribution in [0, 0.1) is 10.1 Å². The molecular weight excluding hydrogens is 324 g/mol. The zero-order valence-corrected chi connectivity index (χ0v) is 14.9. The van der Waals surface area contributed by atoms with Crippen LogP contribution in [-0.4, -0.2) is 68.2 Å². The van der Waals surface area contributed by atoms with Gasteiger partial charge in [-0.3, -0.25) is 14.9 Å². The largest absolute Gasteiger partial charge is 0.378 e. The van der Waals surface area contributed by atoms with Gasteiger partial charge in [-0.25, -0.2) is 0 Å². The topological polar surface area (TPSA) is 88.0 Å². The van der Waals surface area contributed by atoms with Gasteiger partial charge in [0.05, 0.1) is 18.1 Å². The van der Waals surface area contributed by atoms with Crippen LogP contribution in [-0.2, 0) is 4.74 Å². The van der Waals surface area contributed by atoms with Gasteiger partial charge in [0.15, 0.2) is 0 Å². The molecule has 0 radical (unpaired) electrons. The summed E-state index contributed by atoms with van der Waals surface area (Å²) in [4.78, 5) is 27.4. The van der Waals surface area contributed by atoms with Crippen molar-refractivity contribution in [3.63, 3.8) is 0 Å². The van der Waals surface area contributed by atoms with E-state index in [0.717, 1.165) is 19.6 Å². The Balaban J connectivity index is 2.07. The number of amides is 1. The number of hydrogen-bond acceptors (Lipinski definition) is 6. The van der Waals surface area contributed by atoms with Crippen LogP contribution in [0.15, 0.2) is 18.2 Å². The molecule has 0 bridgehead atoms. The number of carbonyl (C=O) groups excluding carboxylic acids is 1. The van der Waals surface area contributed by atoms with E-state index in [0.29, 0.717) is 44.1 Å². The van der Waals surface area contributed by atoms with Gasteiger partial charge in [0.2, 0.25) is 0 Å². The number of nitrogens with one attached hydrogen (secondary N) is 1. The fourth-order valence-corrected chi connectivity index (χ4v) is 2.85. The Morgan fingerprint density at radius 3 is 2.60 bits per heavy atom. The minimum Gasteiger partial charge on any atom is -0.378 e. The second-order valence-corrected chi connectivity index (χ2v) is 5.84. The van der Waals surface area contributed by atoms with Gasteiger partial charge in [-0.2, -0.15) is 0 Å². The Hall–Kier alpha value is -2.19. The molecule has 0 aliphatic carbocycles. The fraction of sp³-hybridized carbons (Fsp3) is 0.588. The molecule has 0 unspecified atom stereocenters. The second-order valence-electron chi connectivity index (χ2n) is 5.84. The summed E-state index contributed by atoms with van der Waals surface area (Å²) in [6, 6.07) is 4.66. The molecule has 0 atom stereocenters. The van der Waals surface area contributed by atoms with E-state index < -0.39 is 4.92 Å². The highest BCUT2D eigenvalue weighted by Gasteiger charge is 2.23. The summed E-state index contributed by atoms with van der Waals surface area (Å²) in [5.74, 6) is -0.288. The molecule has 1 aromatic rings. The Morgan fingerprint density at radius 1 is 1.32 bits per heavy atom. The maximum atomic E-state index is 12.3. The minimum atomic E-state index is -0.433. The van der Waals surface area contributed by atoms with Crippen molar-refractivity contribution in [1.82, 2.24) is 10.2 Å². The molecule has 1 aliphatic heterocycles. The maximum Gasteiger partial charge on any atom is 0.293 e. The van der Waals surface area contributed by atoms with Crippen LogP contribution in [0.2, 0.25) is 0 Å². The Bertz CT molecular complexity index is 598. The molecule has 25 heavy (non-hydrogen) atoms. The van der Waals surface area contributed by atoms with Gasteiger partial charge in [-0.15, -0.1) is 0 Å². The van der Waals surface area contributed by atoms with Gasteiger partial charge in [0, 0.05) is 37.8 Å². The number of morpholine rings is 1. The summed E-state index contributed by atoms with van der Waals surface area (Å²) in [5, 5.41) is 14.3. The van der Waals surface area contributed by atoms with E-state index >= 15 is 0 Å². The highest BCUT2D eigenvalue weighted by atomic mass is 16.6. The molecule has 1 fully saturated rings. The van der Waals surface area contributed by atoms with Crippen LogP contribution in [0.1, 0.15) is 24.2 Å². The van der Waals surface area contributed by atoms with Crippen molar-refractivity contribution < 1.29 is 14.5 Å². The second kappa shape index (κ2) is 9.33. The summed E-state index contributed by atoms with van der Waals surface area (Å²) < 4.78 is 5.29. The molecule has 1 heterocycles. The van der Waals surface area contributed by atoms with Gasteiger partial charge in [-0.05, 0) is 25.2 Å². The van der Waals surface area contributed by atoms with E-state index in [2.05, 4.69) is 24.1 Å². The van der Waals surface area contributed by atoms with E-state index in [1.54, 1.807) is 12.1 Å². The number of nitro benzene ring substituents is 1. The molecule has 138 valence electrons. The van der Waals surface area contributed by atoms with Gasteiger partial charge in [0.1, 0.15) is 5.69 Å². The maximum absolute atomic E-state index is 12.3. The molecule has 8 heteroatoms. The third-order valence-electron chi connectivity index (χ3n) is 4.39. The number of ether oxygens (including phenoxy) is 1. The van der Waals surface area contributed by atoms with Crippen molar-refractivity contribution in [3.8, 4) is 0 Å². The number of rotatable bonds is 8. The van der Waals surface area contributed by atoms with Gasteiger partial charge >= 0.3 is 0 Å². The van der Waals surface area contributed by atoms with Crippen molar-refractivity contribution in [2.45, 2.75) is 13.8 Å². The molecule has 2 rings (SSSR count). The number of hydrogen-bond donors (Lipinski definition) is 1. The summed E-state index contributed by atoms with van der Waals surface area (Å²) in [6.45, 7) is 9.56. The van der Waals surface area contributed by atoms with Gasteiger partial charge < -0.3 is 19.9 Å². The smallest absolute Gasteiger partial charge is 0.293 e. The van der Waals surface area contributed by atoms with Crippen LogP contribution in [0.3, 0.4) is 0 Å². The molecule has 0 aromatic heterocycles. The zero-order chi connectivity index (χ0) is 18.2. The van der Waals surface area contributed by atoms with Crippen molar-refractivity contribution in [2.75, 3.05) is 57.4 Å². The van der Waals surface area contributed by atoms with Crippen LogP contribution in [0.5, 0.6) is 0 Å². The lowest BCUT2D eigenvalue weighted by atomic mass is 10.1. The monoisotopic (exact) mass is 350 g/mol. The summed E-state index contributed by atoms with van der Waals surface area (Å²) in [7, 11) is 0. The van der Waals surface area contributed by atoms with E-state index in [-0.39, 0.29) is 11.6 Å². The van der Waals surface area contributed by atoms with Crippen LogP contribution in [0.25, 0.3) is 0 Å². The van der Waals surface area contributed by atoms with Crippen LogP contribution < -0.4 is 10.2 Å². The number of nitro groups is 1. The van der Waals surface area contributed by atoms with E-state index in [4.69, 9.17) is 4.74 Å². The lowest BCUT2D eigenvalue weighted by molar-refractivity contribution is -0.384. The average Bonchev–Trinajstić information content (AvgIpc) is 2.65. The average molecular weight is 350 g/mol. The standard InChI is InChI=1S/C17H26N4O4/c1-3-19(4-2)8-7-18-17(22)14-5-6-15(16(13-14)21(23)24)20-9-11-25-12-10-20/h5-6,13H,3-4,7-12H2,1-2H3,(H,18,22). The molecule has 0 spiro atoms. The molecule has 1 saturated heterocycles. The summed E-state index contributed by atoms with van der Waals surface area (Å²) in [5.41, 5.74) is 0.801. The SMILES string of the molecule is CCN(CC)CCNC(=O)c1ccc(N2CCOCC2)c([N+](=O)[O-])c1. The molecule has 1 amide bonds. The molecule has 1 aromatic carbocycles. The third-order valence-corrected chi connectivity index (χ3v) is 4.39. The number of carbonyl (C=O) groups is 1. The normalized spacial score (nSPS) is 14.6. The Labute approximate surface area is 147 Å².